The fourth-order valence-corrected chi connectivity index (χ4v) is 1.37. The Morgan fingerprint density at radius 2 is 2.00 bits per heavy atom. The van der Waals surface area contributed by atoms with Crippen molar-refractivity contribution in [2.45, 2.75) is 45.1 Å². The van der Waals surface area contributed by atoms with Gasteiger partial charge in [0.1, 0.15) is 0 Å². The van der Waals surface area contributed by atoms with Crippen LogP contribution in [-0.2, 0) is 9.63 Å². The Kier molecular flexibility index (Phi) is 4.04. The van der Waals surface area contributed by atoms with Crippen LogP contribution in [0.3, 0.4) is 0 Å². The average molecular weight is 172 g/mol. The first-order valence-corrected chi connectivity index (χ1v) is 4.46. The molecule has 1 saturated carbocycles. The zero-order chi connectivity index (χ0) is 8.81. The molecule has 4 nitrogen and oxygen atoms in total. The first kappa shape index (κ1) is 9.48. The molecule has 0 spiro atoms. The van der Waals surface area contributed by atoms with Crippen molar-refractivity contribution in [1.29, 1.82) is 0 Å². The molecule has 1 amide bonds. The van der Waals surface area contributed by atoms with Crippen LogP contribution in [0.2, 0.25) is 0 Å². The van der Waals surface area contributed by atoms with E-state index in [4.69, 9.17) is 4.84 Å². The summed E-state index contributed by atoms with van der Waals surface area (Å²) in [6.07, 6.45) is 6.21. The maximum atomic E-state index is 10.4. The molecule has 0 aliphatic heterocycles. The van der Waals surface area contributed by atoms with Crippen molar-refractivity contribution in [3.8, 4) is 0 Å². The number of rotatable bonds is 3. The molecule has 1 rings (SSSR count). The molecular weight excluding hydrogens is 156 g/mol. The second-order valence-corrected chi connectivity index (χ2v) is 3.16. The number of hydrogen-bond donors (Lipinski definition) is 2. The number of hydrogen-bond acceptors (Lipinski definition) is 3. The van der Waals surface area contributed by atoms with Crippen molar-refractivity contribution in [2.75, 3.05) is 0 Å². The molecule has 12 heavy (non-hydrogen) atoms. The molecule has 0 aromatic rings. The lowest BCUT2D eigenvalue weighted by molar-refractivity contribution is -0.129. The first-order valence-electron chi connectivity index (χ1n) is 4.46. The quantitative estimate of drug-likeness (QED) is 0.622. The van der Waals surface area contributed by atoms with Gasteiger partial charge in [-0.1, -0.05) is 19.3 Å². The van der Waals surface area contributed by atoms with Crippen molar-refractivity contribution in [3.05, 3.63) is 0 Å². The summed E-state index contributed by atoms with van der Waals surface area (Å²) in [6, 6.07) is 0. The van der Waals surface area contributed by atoms with Gasteiger partial charge < -0.3 is 0 Å². The highest BCUT2D eigenvalue weighted by Crippen LogP contribution is 2.18. The van der Waals surface area contributed by atoms with Crippen LogP contribution in [0.5, 0.6) is 0 Å². The van der Waals surface area contributed by atoms with Crippen LogP contribution >= 0.6 is 0 Å². The monoisotopic (exact) mass is 172 g/mol. The maximum absolute atomic E-state index is 10.4. The first-order chi connectivity index (χ1) is 5.79. The van der Waals surface area contributed by atoms with Crippen LogP contribution in [0.15, 0.2) is 0 Å². The second-order valence-electron chi connectivity index (χ2n) is 3.16. The van der Waals surface area contributed by atoms with Gasteiger partial charge in [0, 0.05) is 6.92 Å². The van der Waals surface area contributed by atoms with E-state index in [1.807, 2.05) is 0 Å². The molecule has 70 valence electrons. The molecule has 0 heterocycles. The standard InChI is InChI=1S/C8H16N2O2/c1-7(11)9-10-12-8-5-3-2-4-6-8/h8,10H,2-6H2,1H3,(H,9,11). The van der Waals surface area contributed by atoms with Crippen molar-refractivity contribution >= 4 is 5.91 Å². The second kappa shape index (κ2) is 5.11. The molecule has 0 aromatic heterocycles. The minimum atomic E-state index is -0.134. The molecule has 0 unspecified atom stereocenters. The van der Waals surface area contributed by atoms with Gasteiger partial charge in [-0.3, -0.25) is 15.1 Å². The van der Waals surface area contributed by atoms with Gasteiger partial charge in [0.25, 0.3) is 0 Å². The van der Waals surface area contributed by atoms with Gasteiger partial charge in [0.05, 0.1) is 6.10 Å². The summed E-state index contributed by atoms with van der Waals surface area (Å²) in [4.78, 5) is 15.6. The minimum absolute atomic E-state index is 0.134. The molecular formula is C8H16N2O2. The number of carbonyl (C=O) groups excluding carboxylic acids is 1. The third kappa shape index (κ3) is 3.69. The Morgan fingerprint density at radius 3 is 2.58 bits per heavy atom. The van der Waals surface area contributed by atoms with E-state index in [1.54, 1.807) is 0 Å². The third-order valence-electron chi connectivity index (χ3n) is 2.00. The number of carbonyl (C=O) groups is 1. The van der Waals surface area contributed by atoms with E-state index in [2.05, 4.69) is 11.0 Å². The van der Waals surface area contributed by atoms with Crippen LogP contribution in [-0.4, -0.2) is 12.0 Å². The Balaban J connectivity index is 2.01. The van der Waals surface area contributed by atoms with Crippen LogP contribution in [0.25, 0.3) is 0 Å². The summed E-state index contributed by atoms with van der Waals surface area (Å²) in [5.41, 5.74) is 4.84. The van der Waals surface area contributed by atoms with E-state index in [-0.39, 0.29) is 12.0 Å². The van der Waals surface area contributed by atoms with Gasteiger partial charge in [0.2, 0.25) is 5.91 Å². The summed E-state index contributed by atoms with van der Waals surface area (Å²) in [7, 11) is 0. The van der Waals surface area contributed by atoms with Gasteiger partial charge in [-0.05, 0) is 12.8 Å². The van der Waals surface area contributed by atoms with E-state index in [1.165, 1.54) is 26.2 Å². The number of amides is 1. The lowest BCUT2D eigenvalue weighted by Crippen LogP contribution is -2.39. The highest BCUT2D eigenvalue weighted by Gasteiger charge is 2.13. The summed E-state index contributed by atoms with van der Waals surface area (Å²) in [5, 5.41) is 0. The van der Waals surface area contributed by atoms with Gasteiger partial charge in [-0.15, -0.1) is 5.59 Å². The van der Waals surface area contributed by atoms with E-state index in [0.29, 0.717) is 0 Å². The van der Waals surface area contributed by atoms with E-state index in [0.717, 1.165) is 12.8 Å². The Hall–Kier alpha value is -0.610. The van der Waals surface area contributed by atoms with Crippen molar-refractivity contribution in [3.63, 3.8) is 0 Å². The van der Waals surface area contributed by atoms with Gasteiger partial charge >= 0.3 is 0 Å². The topological polar surface area (TPSA) is 50.4 Å². The van der Waals surface area contributed by atoms with Crippen molar-refractivity contribution in [2.24, 2.45) is 0 Å². The summed E-state index contributed by atoms with van der Waals surface area (Å²) >= 11 is 0. The molecule has 2 N–H and O–H groups in total. The van der Waals surface area contributed by atoms with Crippen LogP contribution in [0.1, 0.15) is 39.0 Å². The largest absolute Gasteiger partial charge is 0.279 e. The normalized spacial score (nSPS) is 19.1. The van der Waals surface area contributed by atoms with Gasteiger partial charge in [-0.2, -0.15) is 0 Å². The lowest BCUT2D eigenvalue weighted by Gasteiger charge is -2.21. The molecule has 0 bridgehead atoms. The van der Waals surface area contributed by atoms with Gasteiger partial charge in [-0.25, -0.2) is 0 Å². The Labute approximate surface area is 72.6 Å². The number of nitrogens with one attached hydrogen (secondary N) is 2. The van der Waals surface area contributed by atoms with E-state index >= 15 is 0 Å². The Morgan fingerprint density at radius 1 is 1.33 bits per heavy atom. The molecule has 0 radical (unpaired) electrons. The fraction of sp³-hybridized carbons (Fsp3) is 0.875. The molecule has 0 aromatic carbocycles. The van der Waals surface area contributed by atoms with E-state index < -0.39 is 0 Å². The molecule has 1 fully saturated rings. The highest BCUT2D eigenvalue weighted by atomic mass is 16.7. The van der Waals surface area contributed by atoms with E-state index in [9.17, 15) is 4.79 Å². The zero-order valence-corrected chi connectivity index (χ0v) is 7.43. The molecule has 4 heteroatoms. The third-order valence-corrected chi connectivity index (χ3v) is 2.00. The van der Waals surface area contributed by atoms with Crippen molar-refractivity contribution in [1.82, 2.24) is 11.0 Å². The molecule has 0 saturated heterocycles. The molecule has 0 atom stereocenters. The zero-order valence-electron chi connectivity index (χ0n) is 7.43. The summed E-state index contributed by atoms with van der Waals surface area (Å²) in [5.74, 6) is -0.134. The van der Waals surface area contributed by atoms with Crippen LogP contribution < -0.4 is 11.0 Å². The van der Waals surface area contributed by atoms with Crippen LogP contribution in [0, 0.1) is 0 Å². The number of hydrazine groups is 1. The predicted molar refractivity (Wildman–Crippen MR) is 44.9 cm³/mol. The SMILES string of the molecule is CC(=O)NNOC1CCCCC1. The maximum Gasteiger partial charge on any atom is 0.232 e. The highest BCUT2D eigenvalue weighted by molar-refractivity contribution is 5.72. The minimum Gasteiger partial charge on any atom is -0.279 e. The summed E-state index contributed by atoms with van der Waals surface area (Å²) < 4.78 is 0. The van der Waals surface area contributed by atoms with Crippen LogP contribution in [0.4, 0.5) is 0 Å². The van der Waals surface area contributed by atoms with Gasteiger partial charge in [0.15, 0.2) is 0 Å². The summed E-state index contributed by atoms with van der Waals surface area (Å²) in [6.45, 7) is 1.44. The smallest absolute Gasteiger partial charge is 0.232 e. The molecule has 1 aliphatic carbocycles. The average Bonchev–Trinajstić information content (AvgIpc) is 2.05. The molecule has 1 aliphatic rings. The fourth-order valence-electron chi connectivity index (χ4n) is 1.37. The van der Waals surface area contributed by atoms with Crippen molar-refractivity contribution < 1.29 is 9.63 Å². The Bertz CT molecular complexity index is 144. The lowest BCUT2D eigenvalue weighted by atomic mass is 9.98. The predicted octanol–water partition coefficient (Wildman–Crippen LogP) is 0.891.